The van der Waals surface area contributed by atoms with Crippen LogP contribution in [0.15, 0.2) is 22.8 Å². The highest BCUT2D eigenvalue weighted by atomic mass is 16.5. The summed E-state index contributed by atoms with van der Waals surface area (Å²) in [6.07, 6.45) is 4.83. The van der Waals surface area contributed by atoms with Crippen molar-refractivity contribution in [2.75, 3.05) is 26.2 Å². The van der Waals surface area contributed by atoms with E-state index < -0.39 is 0 Å². The second-order valence-corrected chi connectivity index (χ2v) is 5.11. The van der Waals surface area contributed by atoms with E-state index in [1.165, 1.54) is 0 Å². The van der Waals surface area contributed by atoms with Crippen molar-refractivity contribution in [3.63, 3.8) is 0 Å². The Kier molecular flexibility index (Phi) is 6.27. The molecule has 6 heteroatoms. The fraction of sp³-hybridized carbons (Fsp3) is 0.600. The van der Waals surface area contributed by atoms with Gasteiger partial charge in [-0.05, 0) is 31.4 Å². The summed E-state index contributed by atoms with van der Waals surface area (Å²) in [5.74, 6) is 0.775. The zero-order valence-corrected chi connectivity index (χ0v) is 12.2. The first-order valence-electron chi connectivity index (χ1n) is 7.40. The zero-order chi connectivity index (χ0) is 14.9. The number of rotatable bonds is 8. The molecular formula is C15H22N2O4. The van der Waals surface area contributed by atoms with Crippen LogP contribution in [0.1, 0.15) is 31.4 Å². The van der Waals surface area contributed by atoms with E-state index in [9.17, 15) is 9.59 Å². The Labute approximate surface area is 124 Å². The normalized spacial score (nSPS) is 15.2. The van der Waals surface area contributed by atoms with Crippen LogP contribution >= 0.6 is 0 Å². The number of piperidine rings is 1. The number of likely N-dealkylation sites (tertiary alicyclic amines) is 1. The topological polar surface area (TPSA) is 71.8 Å². The van der Waals surface area contributed by atoms with E-state index in [0.717, 1.165) is 25.0 Å². The van der Waals surface area contributed by atoms with Gasteiger partial charge in [-0.3, -0.25) is 9.59 Å². The second-order valence-electron chi connectivity index (χ2n) is 5.11. The molecule has 0 atom stereocenters. The lowest BCUT2D eigenvalue weighted by atomic mass is 10.1. The molecular weight excluding hydrogens is 272 g/mol. The summed E-state index contributed by atoms with van der Waals surface area (Å²) in [6, 6.07) is 3.68. The van der Waals surface area contributed by atoms with Gasteiger partial charge in [-0.2, -0.15) is 0 Å². The van der Waals surface area contributed by atoms with Crippen LogP contribution in [-0.4, -0.2) is 43.0 Å². The van der Waals surface area contributed by atoms with Gasteiger partial charge in [-0.1, -0.05) is 0 Å². The van der Waals surface area contributed by atoms with Gasteiger partial charge in [0.1, 0.15) is 12.4 Å². The molecule has 1 saturated heterocycles. The third kappa shape index (κ3) is 5.59. The molecule has 0 radical (unpaired) electrons. The van der Waals surface area contributed by atoms with Crippen molar-refractivity contribution >= 4 is 11.8 Å². The average Bonchev–Trinajstić information content (AvgIpc) is 2.98. The quantitative estimate of drug-likeness (QED) is 0.734. The Hall–Kier alpha value is -1.82. The number of carbonyl (C=O) groups excluding carboxylic acids is 2. The lowest BCUT2D eigenvalue weighted by Gasteiger charge is -2.25. The minimum atomic E-state index is -0.101. The van der Waals surface area contributed by atoms with Gasteiger partial charge in [-0.25, -0.2) is 0 Å². The summed E-state index contributed by atoms with van der Waals surface area (Å²) in [7, 11) is 0. The van der Waals surface area contributed by atoms with Crippen molar-refractivity contribution in [3.8, 4) is 0 Å². The van der Waals surface area contributed by atoms with Crippen LogP contribution in [0.2, 0.25) is 0 Å². The molecule has 6 nitrogen and oxygen atoms in total. The highest BCUT2D eigenvalue weighted by Gasteiger charge is 2.19. The number of hydrogen-bond donors (Lipinski definition) is 1. The van der Waals surface area contributed by atoms with Crippen molar-refractivity contribution in [2.45, 2.75) is 32.3 Å². The summed E-state index contributed by atoms with van der Waals surface area (Å²) in [5, 5.41) is 2.81. The lowest BCUT2D eigenvalue weighted by Crippen LogP contribution is -2.43. The maximum atomic E-state index is 11.7. The molecule has 0 unspecified atom stereocenters. The highest BCUT2D eigenvalue weighted by molar-refractivity contribution is 5.85. The van der Waals surface area contributed by atoms with Crippen LogP contribution < -0.4 is 5.32 Å². The minimum absolute atomic E-state index is 0.0816. The van der Waals surface area contributed by atoms with Crippen molar-refractivity contribution in [1.29, 1.82) is 0 Å². The van der Waals surface area contributed by atoms with Crippen LogP contribution in [-0.2, 0) is 20.9 Å². The van der Waals surface area contributed by atoms with Crippen LogP contribution in [0.5, 0.6) is 0 Å². The summed E-state index contributed by atoms with van der Waals surface area (Å²) in [6.45, 7) is 2.43. The van der Waals surface area contributed by atoms with E-state index in [1.807, 2.05) is 12.1 Å². The van der Waals surface area contributed by atoms with Gasteiger partial charge in [-0.15, -0.1) is 0 Å². The number of nitrogens with zero attached hydrogens (tertiary/aromatic N) is 1. The monoisotopic (exact) mass is 294 g/mol. The Morgan fingerprint density at radius 3 is 3.10 bits per heavy atom. The Morgan fingerprint density at radius 1 is 1.43 bits per heavy atom. The molecule has 2 amide bonds. The van der Waals surface area contributed by atoms with E-state index in [0.29, 0.717) is 32.7 Å². The Bertz CT molecular complexity index is 445. The van der Waals surface area contributed by atoms with E-state index >= 15 is 0 Å². The fourth-order valence-corrected chi connectivity index (χ4v) is 2.23. The lowest BCUT2D eigenvalue weighted by molar-refractivity contribution is -0.137. The first kappa shape index (κ1) is 15.6. The van der Waals surface area contributed by atoms with Crippen LogP contribution in [0.4, 0.5) is 0 Å². The first-order valence-corrected chi connectivity index (χ1v) is 7.40. The predicted octanol–water partition coefficient (Wildman–Crippen LogP) is 1.31. The van der Waals surface area contributed by atoms with Crippen molar-refractivity contribution < 1.29 is 18.7 Å². The molecule has 2 rings (SSSR count). The number of furan rings is 1. The van der Waals surface area contributed by atoms with Crippen LogP contribution in [0.3, 0.4) is 0 Å². The van der Waals surface area contributed by atoms with Gasteiger partial charge in [0.15, 0.2) is 0 Å². The second kappa shape index (κ2) is 8.46. The summed E-state index contributed by atoms with van der Waals surface area (Å²) in [5.41, 5.74) is 0. The van der Waals surface area contributed by atoms with Crippen molar-refractivity contribution in [3.05, 3.63) is 24.2 Å². The largest absolute Gasteiger partial charge is 0.467 e. The van der Waals surface area contributed by atoms with Crippen molar-refractivity contribution in [1.82, 2.24) is 10.2 Å². The van der Waals surface area contributed by atoms with Crippen LogP contribution in [0, 0.1) is 0 Å². The van der Waals surface area contributed by atoms with Crippen LogP contribution in [0.25, 0.3) is 0 Å². The Morgan fingerprint density at radius 2 is 2.33 bits per heavy atom. The van der Waals surface area contributed by atoms with Gasteiger partial charge in [0.05, 0.1) is 12.8 Å². The summed E-state index contributed by atoms with van der Waals surface area (Å²) in [4.78, 5) is 24.9. The minimum Gasteiger partial charge on any atom is -0.467 e. The van der Waals surface area contributed by atoms with E-state index in [2.05, 4.69) is 5.32 Å². The number of nitrogens with one attached hydrogen (secondary N) is 1. The molecule has 1 fully saturated rings. The smallest absolute Gasteiger partial charge is 0.239 e. The SMILES string of the molecule is O=C(CN1CCCCC1=O)NCCCOCc1ccco1. The molecule has 0 spiro atoms. The summed E-state index contributed by atoms with van der Waals surface area (Å²) >= 11 is 0. The fourth-order valence-electron chi connectivity index (χ4n) is 2.23. The van der Waals surface area contributed by atoms with Gasteiger partial charge >= 0.3 is 0 Å². The molecule has 0 saturated carbocycles. The molecule has 21 heavy (non-hydrogen) atoms. The van der Waals surface area contributed by atoms with Gasteiger partial charge in [0.2, 0.25) is 11.8 Å². The molecule has 0 aromatic carbocycles. The van der Waals surface area contributed by atoms with E-state index in [-0.39, 0.29) is 18.4 Å². The van der Waals surface area contributed by atoms with E-state index in [1.54, 1.807) is 11.2 Å². The third-order valence-electron chi connectivity index (χ3n) is 3.37. The summed E-state index contributed by atoms with van der Waals surface area (Å²) < 4.78 is 10.6. The standard InChI is InChI=1S/C15H22N2O4/c18-14(11-17-8-2-1-6-15(17)19)16-7-4-9-20-12-13-5-3-10-21-13/h3,5,10H,1-2,4,6-9,11-12H2,(H,16,18). The van der Waals surface area contributed by atoms with E-state index in [4.69, 9.17) is 9.15 Å². The van der Waals surface area contributed by atoms with Gasteiger partial charge in [0, 0.05) is 26.1 Å². The van der Waals surface area contributed by atoms with Gasteiger partial charge in [0.25, 0.3) is 0 Å². The maximum Gasteiger partial charge on any atom is 0.239 e. The van der Waals surface area contributed by atoms with Gasteiger partial charge < -0.3 is 19.4 Å². The third-order valence-corrected chi connectivity index (χ3v) is 3.37. The number of ether oxygens (including phenoxy) is 1. The zero-order valence-electron chi connectivity index (χ0n) is 12.2. The van der Waals surface area contributed by atoms with Crippen molar-refractivity contribution in [2.24, 2.45) is 0 Å². The first-order chi connectivity index (χ1) is 10.3. The molecule has 1 aliphatic heterocycles. The number of amides is 2. The molecule has 1 aromatic rings. The number of carbonyl (C=O) groups is 2. The molecule has 116 valence electrons. The molecule has 2 heterocycles. The highest BCUT2D eigenvalue weighted by Crippen LogP contribution is 2.09. The Balaban J connectivity index is 1.50. The molecule has 0 bridgehead atoms. The molecule has 0 aliphatic carbocycles. The predicted molar refractivity (Wildman–Crippen MR) is 76.4 cm³/mol. The number of hydrogen-bond acceptors (Lipinski definition) is 4. The average molecular weight is 294 g/mol. The molecule has 1 aliphatic rings. The molecule has 1 aromatic heterocycles. The molecule has 1 N–H and O–H groups in total. The maximum absolute atomic E-state index is 11.7.